The summed E-state index contributed by atoms with van der Waals surface area (Å²) in [7, 11) is 0. The van der Waals surface area contributed by atoms with Gasteiger partial charge in [-0.3, -0.25) is 9.69 Å². The summed E-state index contributed by atoms with van der Waals surface area (Å²) >= 11 is 0. The molecular formula is C16H20N2O3. The summed E-state index contributed by atoms with van der Waals surface area (Å²) in [6.07, 6.45) is 4.17. The number of carbonyl (C=O) groups excluding carboxylic acids is 2. The number of hydrogen-bond donors (Lipinski definition) is 1. The van der Waals surface area contributed by atoms with Crippen molar-refractivity contribution in [2.75, 3.05) is 13.2 Å². The maximum absolute atomic E-state index is 12.2. The topological polar surface area (TPSA) is 58.6 Å². The van der Waals surface area contributed by atoms with Crippen LogP contribution in [-0.4, -0.2) is 35.5 Å². The van der Waals surface area contributed by atoms with E-state index in [2.05, 4.69) is 5.32 Å². The molecule has 112 valence electrons. The summed E-state index contributed by atoms with van der Waals surface area (Å²) in [5.41, 5.74) is -0.558. The fourth-order valence-electron chi connectivity index (χ4n) is 2.83. The normalized spacial score (nSPS) is 19.5. The number of benzene rings is 1. The molecule has 1 N–H and O–H groups in total. The molecule has 1 saturated heterocycles. The Labute approximate surface area is 124 Å². The predicted octanol–water partition coefficient (Wildman–Crippen LogP) is 2.32. The Hall–Kier alpha value is -2.04. The summed E-state index contributed by atoms with van der Waals surface area (Å²) in [5.74, 6) is 0.809. The molecule has 5 heteroatoms. The molecule has 2 fully saturated rings. The number of unbranched alkanes of at least 4 members (excludes halogenated alkanes) is 1. The molecule has 21 heavy (non-hydrogen) atoms. The fourth-order valence-corrected chi connectivity index (χ4v) is 2.83. The first-order chi connectivity index (χ1) is 10.2. The number of carbonyl (C=O) groups is 2. The zero-order chi connectivity index (χ0) is 14.7. The first kappa shape index (κ1) is 13.9. The number of hydrogen-bond acceptors (Lipinski definition) is 3. The van der Waals surface area contributed by atoms with E-state index in [1.54, 1.807) is 0 Å². The Balaban J connectivity index is 1.40. The third-order valence-corrected chi connectivity index (χ3v) is 4.24. The van der Waals surface area contributed by atoms with Gasteiger partial charge in [-0.15, -0.1) is 0 Å². The molecule has 5 nitrogen and oxygen atoms in total. The fraction of sp³-hybridized carbons (Fsp3) is 0.500. The van der Waals surface area contributed by atoms with Gasteiger partial charge in [0.1, 0.15) is 11.3 Å². The molecule has 0 radical (unpaired) electrons. The van der Waals surface area contributed by atoms with E-state index in [1.807, 2.05) is 30.3 Å². The van der Waals surface area contributed by atoms with E-state index in [-0.39, 0.29) is 11.9 Å². The van der Waals surface area contributed by atoms with Crippen molar-refractivity contribution in [3.8, 4) is 5.75 Å². The van der Waals surface area contributed by atoms with Crippen molar-refractivity contribution < 1.29 is 14.3 Å². The molecule has 3 rings (SSSR count). The standard InChI is InChI=1S/C16H20N2O3/c19-14-16(9-6-10-16)17-15(20)18(14)11-4-5-12-21-13-7-2-1-3-8-13/h1-3,7-8H,4-6,9-12H2,(H,17,20). The first-order valence-corrected chi connectivity index (χ1v) is 7.53. The zero-order valence-corrected chi connectivity index (χ0v) is 12.0. The number of para-hydroxylation sites is 1. The van der Waals surface area contributed by atoms with Crippen LogP contribution in [0, 0.1) is 0 Å². The lowest BCUT2D eigenvalue weighted by Gasteiger charge is -2.34. The quantitative estimate of drug-likeness (QED) is 0.645. The molecular weight excluding hydrogens is 268 g/mol. The molecule has 1 saturated carbocycles. The van der Waals surface area contributed by atoms with Gasteiger partial charge in [-0.2, -0.15) is 0 Å². The Morgan fingerprint density at radius 2 is 1.90 bits per heavy atom. The average molecular weight is 288 g/mol. The molecule has 1 aliphatic heterocycles. The predicted molar refractivity (Wildman–Crippen MR) is 78.0 cm³/mol. The van der Waals surface area contributed by atoms with Gasteiger partial charge in [0.15, 0.2) is 0 Å². The average Bonchev–Trinajstić information content (AvgIpc) is 2.72. The molecule has 1 aromatic carbocycles. The van der Waals surface area contributed by atoms with E-state index in [0.29, 0.717) is 13.2 Å². The molecule has 1 aliphatic carbocycles. The monoisotopic (exact) mass is 288 g/mol. The van der Waals surface area contributed by atoms with Crippen molar-refractivity contribution in [3.63, 3.8) is 0 Å². The van der Waals surface area contributed by atoms with Gasteiger partial charge in [-0.05, 0) is 44.2 Å². The highest BCUT2D eigenvalue weighted by Crippen LogP contribution is 2.37. The maximum Gasteiger partial charge on any atom is 0.325 e. The molecule has 0 aromatic heterocycles. The minimum atomic E-state index is -0.558. The minimum absolute atomic E-state index is 0.0391. The van der Waals surface area contributed by atoms with Gasteiger partial charge in [0.05, 0.1) is 6.61 Å². The van der Waals surface area contributed by atoms with E-state index >= 15 is 0 Å². The summed E-state index contributed by atoms with van der Waals surface area (Å²) in [4.78, 5) is 25.4. The van der Waals surface area contributed by atoms with Crippen molar-refractivity contribution in [3.05, 3.63) is 30.3 Å². The van der Waals surface area contributed by atoms with Crippen LogP contribution >= 0.6 is 0 Å². The Morgan fingerprint density at radius 1 is 1.14 bits per heavy atom. The summed E-state index contributed by atoms with van der Waals surface area (Å²) < 4.78 is 5.59. The summed E-state index contributed by atoms with van der Waals surface area (Å²) in [6.45, 7) is 1.07. The van der Waals surface area contributed by atoms with Gasteiger partial charge in [0, 0.05) is 6.54 Å². The highest BCUT2D eigenvalue weighted by molar-refractivity contribution is 6.07. The van der Waals surface area contributed by atoms with Crippen LogP contribution in [-0.2, 0) is 4.79 Å². The SMILES string of the molecule is O=C1NC2(CCC2)C(=O)N1CCCCOc1ccccc1. The number of nitrogens with zero attached hydrogens (tertiary/aromatic N) is 1. The largest absolute Gasteiger partial charge is 0.494 e. The van der Waals surface area contributed by atoms with Crippen LogP contribution in [0.5, 0.6) is 5.75 Å². The van der Waals surface area contributed by atoms with Gasteiger partial charge in [0.25, 0.3) is 5.91 Å². The van der Waals surface area contributed by atoms with Crippen LogP contribution in [0.4, 0.5) is 4.79 Å². The van der Waals surface area contributed by atoms with Crippen LogP contribution in [0.2, 0.25) is 0 Å². The number of nitrogens with one attached hydrogen (secondary N) is 1. The van der Waals surface area contributed by atoms with Gasteiger partial charge in [-0.25, -0.2) is 4.79 Å². The molecule has 0 bridgehead atoms. The van der Waals surface area contributed by atoms with Crippen molar-refractivity contribution in [2.45, 2.75) is 37.6 Å². The van der Waals surface area contributed by atoms with Crippen LogP contribution in [0.3, 0.4) is 0 Å². The van der Waals surface area contributed by atoms with Gasteiger partial charge >= 0.3 is 6.03 Å². The number of ether oxygens (including phenoxy) is 1. The molecule has 0 atom stereocenters. The second kappa shape index (κ2) is 5.76. The lowest BCUT2D eigenvalue weighted by atomic mass is 9.77. The van der Waals surface area contributed by atoms with E-state index in [0.717, 1.165) is 37.9 Å². The number of imide groups is 1. The molecule has 1 aromatic rings. The Morgan fingerprint density at radius 3 is 2.52 bits per heavy atom. The highest BCUT2D eigenvalue weighted by atomic mass is 16.5. The molecule has 3 amide bonds. The lowest BCUT2D eigenvalue weighted by molar-refractivity contribution is -0.134. The summed E-state index contributed by atoms with van der Waals surface area (Å²) in [5, 5.41) is 2.84. The van der Waals surface area contributed by atoms with E-state index in [4.69, 9.17) is 4.74 Å². The Kier molecular flexibility index (Phi) is 3.82. The first-order valence-electron chi connectivity index (χ1n) is 7.53. The number of amides is 3. The lowest BCUT2D eigenvalue weighted by Crippen LogP contribution is -2.52. The van der Waals surface area contributed by atoms with Crippen LogP contribution in [0.1, 0.15) is 32.1 Å². The Bertz CT molecular complexity index is 526. The number of rotatable bonds is 6. The molecule has 2 aliphatic rings. The molecule has 0 unspecified atom stereocenters. The highest BCUT2D eigenvalue weighted by Gasteiger charge is 2.54. The van der Waals surface area contributed by atoms with Crippen molar-refractivity contribution >= 4 is 11.9 Å². The van der Waals surface area contributed by atoms with E-state index in [9.17, 15) is 9.59 Å². The summed E-state index contributed by atoms with van der Waals surface area (Å²) in [6, 6.07) is 9.40. The van der Waals surface area contributed by atoms with E-state index in [1.165, 1.54) is 4.90 Å². The molecule has 1 heterocycles. The van der Waals surface area contributed by atoms with Gasteiger partial charge in [-0.1, -0.05) is 18.2 Å². The third-order valence-electron chi connectivity index (χ3n) is 4.24. The second-order valence-corrected chi connectivity index (χ2v) is 5.69. The van der Waals surface area contributed by atoms with Crippen LogP contribution < -0.4 is 10.1 Å². The van der Waals surface area contributed by atoms with Crippen molar-refractivity contribution in [1.29, 1.82) is 0 Å². The third kappa shape index (κ3) is 2.73. The second-order valence-electron chi connectivity index (χ2n) is 5.69. The van der Waals surface area contributed by atoms with Gasteiger partial charge in [0.2, 0.25) is 0 Å². The maximum atomic E-state index is 12.2. The van der Waals surface area contributed by atoms with Crippen LogP contribution in [0.15, 0.2) is 30.3 Å². The smallest absolute Gasteiger partial charge is 0.325 e. The number of urea groups is 1. The molecule has 1 spiro atoms. The van der Waals surface area contributed by atoms with Gasteiger partial charge < -0.3 is 10.1 Å². The van der Waals surface area contributed by atoms with Crippen molar-refractivity contribution in [1.82, 2.24) is 10.2 Å². The van der Waals surface area contributed by atoms with E-state index < -0.39 is 5.54 Å². The van der Waals surface area contributed by atoms with Crippen molar-refractivity contribution in [2.24, 2.45) is 0 Å². The minimum Gasteiger partial charge on any atom is -0.494 e. The van der Waals surface area contributed by atoms with Crippen LogP contribution in [0.25, 0.3) is 0 Å². The zero-order valence-electron chi connectivity index (χ0n) is 12.0.